The molecule has 3 aliphatic rings. The largest absolute Gasteiger partial charge is 0.453 e. The second kappa shape index (κ2) is 27.3. The summed E-state index contributed by atoms with van der Waals surface area (Å²) in [6.45, 7) is 6.13. The molecular weight excluding hydrogens is 1450 g/mol. The van der Waals surface area contributed by atoms with Crippen LogP contribution in [0, 0.1) is 20.8 Å². The minimum absolute atomic E-state index is 0.832. The van der Waals surface area contributed by atoms with Gasteiger partial charge in [0.2, 0.25) is 0 Å². The van der Waals surface area contributed by atoms with Crippen molar-refractivity contribution in [3.05, 3.63) is 388 Å². The zero-order chi connectivity index (χ0) is 78.2. The van der Waals surface area contributed by atoms with Crippen LogP contribution < -0.4 is 14.2 Å². The molecule has 0 radical (unpaired) electrons. The third kappa shape index (κ3) is 11.6. The van der Waals surface area contributed by atoms with Crippen LogP contribution in [0.5, 0.6) is 34.5 Å². The first-order valence-corrected chi connectivity index (χ1v) is 39.9. The Balaban J connectivity index is 0.000000104. The first-order valence-electron chi connectivity index (χ1n) is 39.9. The van der Waals surface area contributed by atoms with Gasteiger partial charge in [-0.15, -0.1) is 0 Å². The second-order valence-electron chi connectivity index (χ2n) is 30.6. The highest BCUT2D eigenvalue weighted by Crippen LogP contribution is 2.48. The first kappa shape index (κ1) is 67.9. The predicted octanol–water partition coefficient (Wildman–Crippen LogP) is 27.9. The van der Waals surface area contributed by atoms with Crippen LogP contribution in [0.15, 0.2) is 370 Å². The van der Waals surface area contributed by atoms with E-state index < -0.39 is 0 Å². The number of fused-ring (bicyclic) bond motifs is 11. The van der Waals surface area contributed by atoms with Crippen LogP contribution in [-0.2, 0) is 0 Å². The number of aryl methyl sites for hydroxylation is 3. The van der Waals surface area contributed by atoms with Gasteiger partial charge < -0.3 is 14.2 Å². The minimum atomic E-state index is 0.832. The molecule has 0 N–H and O–H groups in total. The Bertz CT molecular complexity index is 7800. The molecule has 25 rings (SSSR count). The van der Waals surface area contributed by atoms with E-state index in [1.165, 1.54) is 82.0 Å². The van der Waals surface area contributed by atoms with Gasteiger partial charge in [-0.3, -0.25) is 18.3 Å². The van der Waals surface area contributed by atoms with Crippen molar-refractivity contribution in [1.29, 1.82) is 0 Å². The molecule has 0 amide bonds. The Morgan fingerprint density at radius 1 is 0.195 bits per heavy atom. The van der Waals surface area contributed by atoms with E-state index in [9.17, 15) is 0 Å². The smallest absolute Gasteiger partial charge is 0.153 e. The molecule has 0 atom stereocenters. The second-order valence-corrected chi connectivity index (χ2v) is 30.6. The van der Waals surface area contributed by atoms with Crippen LogP contribution in [0.25, 0.3) is 188 Å². The van der Waals surface area contributed by atoms with Gasteiger partial charge >= 0.3 is 0 Å². The Hall–Kier alpha value is -15.7. The maximum absolute atomic E-state index is 6.49. The lowest BCUT2D eigenvalue weighted by atomic mass is 9.91. The van der Waals surface area contributed by atoms with E-state index in [1.54, 1.807) is 0 Å². The molecule has 0 aliphatic carbocycles. The zero-order valence-corrected chi connectivity index (χ0v) is 64.5. The average molecular weight is 1520 g/mol. The van der Waals surface area contributed by atoms with Gasteiger partial charge in [0, 0.05) is 11.3 Å². The van der Waals surface area contributed by atoms with Gasteiger partial charge in [-0.05, 0) is 276 Å². The lowest BCUT2D eigenvalue weighted by molar-refractivity contribution is 0.475. The fraction of sp³-hybridized carbons (Fsp3) is 0.0280. The monoisotopic (exact) mass is 1510 g/mol. The van der Waals surface area contributed by atoms with E-state index in [0.29, 0.717) is 0 Å². The van der Waals surface area contributed by atoms with Crippen molar-refractivity contribution < 1.29 is 14.2 Å². The van der Waals surface area contributed by atoms with Crippen molar-refractivity contribution in [3.63, 3.8) is 0 Å². The molecule has 7 heterocycles. The molecule has 11 nitrogen and oxygen atoms in total. The Morgan fingerprint density at radius 2 is 0.492 bits per heavy atom. The van der Waals surface area contributed by atoms with Gasteiger partial charge in [0.15, 0.2) is 34.5 Å². The number of aromatic nitrogens is 8. The SMILES string of the molecule is Cc1nc2cccc3c2n1-c1ccc(-c2cc(-c4ccc5ccccc5c4)cc(-c4ccc5ccccc5c4)c2)cc1O3.Cc1nc2cccc3c2n1-c1ccc(-c2ccc(-c4nc5ccccc5n4-c4ccccc4)cc2)cc1O3.Cc1nc2cccc3c2n1-c1ccc(-c2ccc4cc(-c5ccc6ccccc6c5)ccc4c2)cc1O3. The van der Waals surface area contributed by atoms with Crippen LogP contribution in [-0.4, -0.2) is 38.2 Å². The number of hydrogen-bond donors (Lipinski definition) is 0. The summed E-state index contributed by atoms with van der Waals surface area (Å²) in [4.78, 5) is 19.2. The fourth-order valence-corrected chi connectivity index (χ4v) is 17.7. The van der Waals surface area contributed by atoms with Crippen molar-refractivity contribution in [1.82, 2.24) is 38.2 Å². The maximum Gasteiger partial charge on any atom is 0.153 e. The number of nitrogens with zero attached hydrogens (tertiary/aromatic N) is 8. The normalized spacial score (nSPS) is 12.1. The van der Waals surface area contributed by atoms with Gasteiger partial charge in [0.1, 0.15) is 39.8 Å². The minimum Gasteiger partial charge on any atom is -0.453 e. The average Bonchev–Trinajstić information content (AvgIpc) is 1.59. The topological polar surface area (TPSA) is 99.0 Å². The van der Waals surface area contributed by atoms with Crippen molar-refractivity contribution in [2.75, 3.05) is 0 Å². The lowest BCUT2D eigenvalue weighted by Gasteiger charge is -2.21. The summed E-state index contributed by atoms with van der Waals surface area (Å²) >= 11 is 0. The van der Waals surface area contributed by atoms with Gasteiger partial charge in [0.05, 0.1) is 44.6 Å². The standard InChI is InChI=1S/C40H26N2O.C34H22N2O.C33H22N4O/c1-25-41-36-11-6-12-38-40(36)42(25)37-18-17-32(24-39(37)43-38)35-22-33(30-15-13-26-7-2-4-9-28(26)19-30)21-34(23-35)31-16-14-27-8-3-5-10-29(27)20-31;1-21-35-30-7-4-8-32-34(30)36(21)31-16-15-29(20-33(31)37-32)28-14-13-26-18-25(11-12-27(26)19-28)24-10-9-22-5-2-3-6-23(22)17-24;1-21-34-27-11-7-13-30-32(27)36(21)29-19-18-24(20-31(29)38-30)22-14-16-23(17-15-22)33-35-26-10-5-6-12-28(26)37(33)25-8-3-2-4-9-25/h2-24H,1H3;2-20H,1H3;2-20H,1H3. The number of hydrogen-bond acceptors (Lipinski definition) is 7. The highest BCUT2D eigenvalue weighted by Gasteiger charge is 2.28. The van der Waals surface area contributed by atoms with Crippen LogP contribution in [0.4, 0.5) is 0 Å². The molecule has 4 aromatic heterocycles. The van der Waals surface area contributed by atoms with E-state index in [2.05, 4.69) is 329 Å². The third-order valence-electron chi connectivity index (χ3n) is 23.4. The van der Waals surface area contributed by atoms with Crippen LogP contribution in [0.1, 0.15) is 17.5 Å². The molecule has 3 aliphatic heterocycles. The van der Waals surface area contributed by atoms with Gasteiger partial charge in [-0.2, -0.15) is 0 Å². The summed E-state index contributed by atoms with van der Waals surface area (Å²) in [6, 6.07) is 131. The highest BCUT2D eigenvalue weighted by molar-refractivity contribution is 5.98. The predicted molar refractivity (Wildman–Crippen MR) is 480 cm³/mol. The molecule has 0 saturated heterocycles. The van der Waals surface area contributed by atoms with Gasteiger partial charge in [-0.1, -0.05) is 224 Å². The maximum atomic E-state index is 6.49. The lowest BCUT2D eigenvalue weighted by Crippen LogP contribution is -2.05. The quantitative estimate of drug-likeness (QED) is 0.149. The number of benzene rings is 18. The molecule has 556 valence electrons. The molecule has 0 fully saturated rings. The van der Waals surface area contributed by atoms with Crippen LogP contribution in [0.3, 0.4) is 0 Å². The number of para-hydroxylation sites is 6. The van der Waals surface area contributed by atoms with E-state index >= 15 is 0 Å². The zero-order valence-electron chi connectivity index (χ0n) is 64.5. The molecule has 11 heteroatoms. The Labute approximate surface area is 679 Å². The molecule has 0 unspecified atom stereocenters. The van der Waals surface area contributed by atoms with Crippen molar-refractivity contribution in [2.24, 2.45) is 0 Å². The van der Waals surface area contributed by atoms with E-state index in [1.807, 2.05) is 80.6 Å². The Morgan fingerprint density at radius 3 is 0.907 bits per heavy atom. The van der Waals surface area contributed by atoms with E-state index in [4.69, 9.17) is 34.1 Å². The summed E-state index contributed by atoms with van der Waals surface area (Å²) in [6.07, 6.45) is 0. The highest BCUT2D eigenvalue weighted by atomic mass is 16.5. The summed E-state index contributed by atoms with van der Waals surface area (Å²) in [5.74, 6) is 8.84. The fourth-order valence-electron chi connectivity index (χ4n) is 17.7. The summed E-state index contributed by atoms with van der Waals surface area (Å²) in [5, 5.41) is 9.94. The molecule has 0 bridgehead atoms. The van der Waals surface area contributed by atoms with Gasteiger partial charge in [0.25, 0.3) is 0 Å². The molecule has 22 aromatic rings. The van der Waals surface area contributed by atoms with E-state index in [-0.39, 0.29) is 0 Å². The number of imidazole rings is 4. The van der Waals surface area contributed by atoms with Crippen molar-refractivity contribution >= 4 is 87.2 Å². The first-order chi connectivity index (χ1) is 58.1. The van der Waals surface area contributed by atoms with Crippen LogP contribution >= 0.6 is 0 Å². The number of ether oxygens (including phenoxy) is 3. The summed E-state index contributed by atoms with van der Waals surface area (Å²) in [5.41, 5.74) is 27.2. The summed E-state index contributed by atoms with van der Waals surface area (Å²) < 4.78 is 28.0. The van der Waals surface area contributed by atoms with Crippen molar-refractivity contribution in [2.45, 2.75) is 20.8 Å². The molecular formula is C107H70N8O3. The van der Waals surface area contributed by atoms with Crippen LogP contribution in [0.2, 0.25) is 0 Å². The third-order valence-corrected chi connectivity index (χ3v) is 23.4. The molecule has 0 spiro atoms. The molecule has 118 heavy (non-hydrogen) atoms. The van der Waals surface area contributed by atoms with Gasteiger partial charge in [-0.25, -0.2) is 19.9 Å². The number of rotatable bonds is 8. The van der Waals surface area contributed by atoms with E-state index in [0.717, 1.165) is 158 Å². The Kier molecular flexibility index (Phi) is 15.7. The molecule has 0 saturated carbocycles. The van der Waals surface area contributed by atoms with Crippen molar-refractivity contribution in [3.8, 4) is 135 Å². The summed E-state index contributed by atoms with van der Waals surface area (Å²) in [7, 11) is 0. The molecule has 18 aromatic carbocycles.